The van der Waals surface area contributed by atoms with E-state index in [-0.39, 0.29) is 11.6 Å². The minimum absolute atomic E-state index is 0.263. The molecule has 0 aliphatic carbocycles. The van der Waals surface area contributed by atoms with E-state index in [1.165, 1.54) is 6.07 Å². The summed E-state index contributed by atoms with van der Waals surface area (Å²) >= 11 is 0. The Morgan fingerprint density at radius 2 is 2.00 bits per heavy atom. The predicted molar refractivity (Wildman–Crippen MR) is 71.4 cm³/mol. The summed E-state index contributed by atoms with van der Waals surface area (Å²) in [7, 11) is 0. The van der Waals surface area contributed by atoms with Gasteiger partial charge in [0.2, 0.25) is 0 Å². The van der Waals surface area contributed by atoms with Crippen LogP contribution in [0.1, 0.15) is 26.7 Å². The van der Waals surface area contributed by atoms with Crippen LogP contribution in [0, 0.1) is 11.2 Å². The van der Waals surface area contributed by atoms with Gasteiger partial charge in [-0.05, 0) is 44.4 Å². The maximum absolute atomic E-state index is 13.2. The Morgan fingerprint density at radius 1 is 1.33 bits per heavy atom. The molecule has 0 unspecified atom stereocenters. The zero-order valence-corrected chi connectivity index (χ0v) is 10.8. The summed E-state index contributed by atoms with van der Waals surface area (Å²) in [5, 5.41) is 7.58. The summed E-state index contributed by atoms with van der Waals surface area (Å²) < 4.78 is 18.6. The van der Waals surface area contributed by atoms with Gasteiger partial charge in [0.15, 0.2) is 11.6 Å². The van der Waals surface area contributed by atoms with Crippen molar-refractivity contribution in [3.63, 3.8) is 0 Å². The Hall–Kier alpha value is -1.84. The van der Waals surface area contributed by atoms with Crippen LogP contribution in [-0.4, -0.2) is 12.3 Å². The lowest BCUT2D eigenvalue weighted by molar-refractivity contribution is 0.296. The van der Waals surface area contributed by atoms with Crippen LogP contribution in [0.4, 0.5) is 4.39 Å². The van der Waals surface area contributed by atoms with Gasteiger partial charge in [-0.15, -0.1) is 0 Å². The van der Waals surface area contributed by atoms with E-state index in [2.05, 4.69) is 0 Å². The van der Waals surface area contributed by atoms with Gasteiger partial charge in [-0.1, -0.05) is 12.1 Å². The molecule has 0 radical (unpaired) electrons. The van der Waals surface area contributed by atoms with Crippen molar-refractivity contribution >= 4 is 5.71 Å². The first kappa shape index (κ1) is 14.2. The highest BCUT2D eigenvalue weighted by Gasteiger charge is 2.05. The molecule has 0 aliphatic heterocycles. The van der Waals surface area contributed by atoms with E-state index in [0.29, 0.717) is 30.9 Å². The Balaban J connectivity index is 2.42. The SMILES string of the molecule is CC(=N)C(CCCOc1ccccc1F)=C(C)N. The van der Waals surface area contributed by atoms with Crippen molar-refractivity contribution in [2.24, 2.45) is 5.73 Å². The third kappa shape index (κ3) is 4.20. The third-order valence-electron chi connectivity index (χ3n) is 2.59. The molecular formula is C14H19FN2O. The fourth-order valence-electron chi connectivity index (χ4n) is 1.67. The second-order valence-corrected chi connectivity index (χ2v) is 4.17. The molecule has 0 amide bonds. The summed E-state index contributed by atoms with van der Waals surface area (Å²) in [5.74, 6) is -0.0921. The average molecular weight is 250 g/mol. The lowest BCUT2D eigenvalue weighted by Crippen LogP contribution is -2.07. The summed E-state index contributed by atoms with van der Waals surface area (Å²) in [6, 6.07) is 6.32. The van der Waals surface area contributed by atoms with E-state index in [9.17, 15) is 4.39 Å². The zero-order chi connectivity index (χ0) is 13.5. The topological polar surface area (TPSA) is 59.1 Å². The number of hydrogen-bond donors (Lipinski definition) is 2. The number of hydrogen-bond acceptors (Lipinski definition) is 3. The molecule has 1 aromatic carbocycles. The average Bonchev–Trinajstić information content (AvgIpc) is 2.30. The van der Waals surface area contributed by atoms with Crippen molar-refractivity contribution in [1.82, 2.24) is 0 Å². The van der Waals surface area contributed by atoms with E-state index in [0.717, 1.165) is 5.57 Å². The standard InChI is InChI=1S/C14H19FN2O/c1-10(16)12(11(2)17)6-5-9-18-14-8-4-3-7-13(14)15/h3-4,7-8,16H,5-6,9,17H2,1-2H3. The second kappa shape index (κ2) is 6.79. The van der Waals surface area contributed by atoms with Crippen LogP contribution in [0.15, 0.2) is 35.5 Å². The Kier molecular flexibility index (Phi) is 5.36. The predicted octanol–water partition coefficient (Wildman–Crippen LogP) is 3.26. The number of benzene rings is 1. The van der Waals surface area contributed by atoms with Crippen LogP contribution in [-0.2, 0) is 0 Å². The second-order valence-electron chi connectivity index (χ2n) is 4.17. The van der Waals surface area contributed by atoms with Gasteiger partial charge in [-0.3, -0.25) is 0 Å². The van der Waals surface area contributed by atoms with Crippen molar-refractivity contribution in [3.8, 4) is 5.75 Å². The molecular weight excluding hydrogens is 231 g/mol. The number of nitrogens with two attached hydrogens (primary N) is 1. The first-order chi connectivity index (χ1) is 8.52. The molecule has 0 saturated heterocycles. The molecule has 0 aromatic heterocycles. The van der Waals surface area contributed by atoms with Crippen molar-refractivity contribution < 1.29 is 9.13 Å². The van der Waals surface area contributed by atoms with Crippen LogP contribution >= 0.6 is 0 Å². The monoisotopic (exact) mass is 250 g/mol. The molecule has 0 heterocycles. The molecule has 0 saturated carbocycles. The van der Waals surface area contributed by atoms with Gasteiger partial charge in [0.05, 0.1) is 6.61 Å². The van der Waals surface area contributed by atoms with Gasteiger partial charge < -0.3 is 15.9 Å². The molecule has 0 aliphatic rings. The molecule has 0 bridgehead atoms. The molecule has 3 nitrogen and oxygen atoms in total. The largest absolute Gasteiger partial charge is 0.491 e. The summed E-state index contributed by atoms with van der Waals surface area (Å²) in [5.41, 5.74) is 7.67. The molecule has 0 atom stereocenters. The Morgan fingerprint density at radius 3 is 2.56 bits per heavy atom. The molecule has 1 aromatic rings. The first-order valence-electron chi connectivity index (χ1n) is 5.90. The summed E-state index contributed by atoms with van der Waals surface area (Å²) in [6.07, 6.45) is 1.38. The van der Waals surface area contributed by atoms with Crippen molar-refractivity contribution in [3.05, 3.63) is 41.4 Å². The minimum Gasteiger partial charge on any atom is -0.491 e. The van der Waals surface area contributed by atoms with Crippen molar-refractivity contribution in [1.29, 1.82) is 5.41 Å². The highest BCUT2D eigenvalue weighted by molar-refractivity contribution is 5.96. The highest BCUT2D eigenvalue weighted by atomic mass is 19.1. The van der Waals surface area contributed by atoms with Gasteiger partial charge >= 0.3 is 0 Å². The molecule has 98 valence electrons. The molecule has 0 fully saturated rings. The summed E-state index contributed by atoms with van der Waals surface area (Å²) in [6.45, 7) is 3.90. The van der Waals surface area contributed by atoms with Gasteiger partial charge in [0.1, 0.15) is 0 Å². The number of rotatable bonds is 6. The van der Waals surface area contributed by atoms with E-state index < -0.39 is 0 Å². The lowest BCUT2D eigenvalue weighted by atomic mass is 10.0. The Labute approximate surface area is 107 Å². The van der Waals surface area contributed by atoms with Crippen LogP contribution < -0.4 is 10.5 Å². The fraction of sp³-hybridized carbons (Fsp3) is 0.357. The number of para-hydroxylation sites is 1. The fourth-order valence-corrected chi connectivity index (χ4v) is 1.67. The van der Waals surface area contributed by atoms with Gasteiger partial charge in [0.25, 0.3) is 0 Å². The highest BCUT2D eigenvalue weighted by Crippen LogP contribution is 2.16. The molecule has 0 spiro atoms. The van der Waals surface area contributed by atoms with E-state index in [1.54, 1.807) is 32.0 Å². The van der Waals surface area contributed by atoms with E-state index in [1.807, 2.05) is 0 Å². The maximum Gasteiger partial charge on any atom is 0.165 e. The Bertz CT molecular complexity index is 451. The van der Waals surface area contributed by atoms with Crippen molar-refractivity contribution in [2.75, 3.05) is 6.61 Å². The molecule has 3 N–H and O–H groups in total. The van der Waals surface area contributed by atoms with Crippen LogP contribution in [0.25, 0.3) is 0 Å². The number of nitrogens with one attached hydrogen (secondary N) is 1. The number of allylic oxidation sites excluding steroid dienone is 2. The van der Waals surface area contributed by atoms with Gasteiger partial charge in [-0.2, -0.15) is 0 Å². The van der Waals surface area contributed by atoms with E-state index in [4.69, 9.17) is 15.9 Å². The van der Waals surface area contributed by atoms with Crippen LogP contribution in [0.5, 0.6) is 5.75 Å². The molecule has 1 rings (SSSR count). The first-order valence-corrected chi connectivity index (χ1v) is 5.90. The quantitative estimate of drug-likeness (QED) is 0.601. The maximum atomic E-state index is 13.2. The van der Waals surface area contributed by atoms with Crippen molar-refractivity contribution in [2.45, 2.75) is 26.7 Å². The summed E-state index contributed by atoms with van der Waals surface area (Å²) in [4.78, 5) is 0. The van der Waals surface area contributed by atoms with Crippen LogP contribution in [0.3, 0.4) is 0 Å². The molecule has 18 heavy (non-hydrogen) atoms. The van der Waals surface area contributed by atoms with Gasteiger partial charge in [0, 0.05) is 11.4 Å². The smallest absolute Gasteiger partial charge is 0.165 e. The normalized spacial score (nSPS) is 11.9. The molecule has 4 heteroatoms. The third-order valence-corrected chi connectivity index (χ3v) is 2.59. The van der Waals surface area contributed by atoms with Gasteiger partial charge in [-0.25, -0.2) is 4.39 Å². The van der Waals surface area contributed by atoms with Crippen LogP contribution in [0.2, 0.25) is 0 Å². The minimum atomic E-state index is -0.355. The number of halogens is 1. The zero-order valence-electron chi connectivity index (χ0n) is 10.8. The van der Waals surface area contributed by atoms with E-state index >= 15 is 0 Å². The lowest BCUT2D eigenvalue weighted by Gasteiger charge is -2.10. The number of ether oxygens (including phenoxy) is 1.